The van der Waals surface area contributed by atoms with Crippen molar-refractivity contribution in [2.75, 3.05) is 13.2 Å². The van der Waals surface area contributed by atoms with E-state index in [0.717, 1.165) is 83.5 Å². The molecule has 0 aliphatic carbocycles. The number of hydrogen-bond donors (Lipinski definition) is 0. The number of carbonyl (C=O) groups excluding carboxylic acids is 3. The Morgan fingerprint density at radius 2 is 0.703 bits per heavy atom. The molecule has 0 bridgehead atoms. The van der Waals surface area contributed by atoms with Crippen LogP contribution in [0.5, 0.6) is 0 Å². The van der Waals surface area contributed by atoms with Gasteiger partial charge in [0.1, 0.15) is 13.2 Å². The average molecular weight is 887 g/mol. The van der Waals surface area contributed by atoms with Crippen LogP contribution in [0.4, 0.5) is 0 Å². The van der Waals surface area contributed by atoms with E-state index < -0.39 is 6.10 Å². The number of carbonyl (C=O) groups is 3. The molecule has 0 aromatic rings. The lowest BCUT2D eigenvalue weighted by atomic mass is 10.1. The zero-order valence-corrected chi connectivity index (χ0v) is 41.3. The number of unbranched alkanes of at least 4 members (excludes halogenated alkanes) is 20. The maximum atomic E-state index is 12.8. The van der Waals surface area contributed by atoms with Crippen molar-refractivity contribution in [1.82, 2.24) is 0 Å². The largest absolute Gasteiger partial charge is 0.462 e. The first kappa shape index (κ1) is 60.1. The molecule has 64 heavy (non-hydrogen) atoms. The van der Waals surface area contributed by atoms with E-state index in [1.54, 1.807) is 0 Å². The molecule has 0 saturated heterocycles. The third-order valence-corrected chi connectivity index (χ3v) is 10.6. The first-order valence-corrected chi connectivity index (χ1v) is 26.0. The van der Waals surface area contributed by atoms with Crippen LogP contribution in [0.1, 0.15) is 220 Å². The zero-order valence-electron chi connectivity index (χ0n) is 41.3. The van der Waals surface area contributed by atoms with Gasteiger partial charge in [-0.2, -0.15) is 0 Å². The summed E-state index contributed by atoms with van der Waals surface area (Å²) in [4.78, 5) is 37.9. The van der Waals surface area contributed by atoms with Crippen molar-refractivity contribution in [3.8, 4) is 0 Å². The number of esters is 3. The van der Waals surface area contributed by atoms with Gasteiger partial charge in [-0.15, -0.1) is 0 Å². The van der Waals surface area contributed by atoms with E-state index in [1.165, 1.54) is 89.9 Å². The van der Waals surface area contributed by atoms with Crippen LogP contribution in [0, 0.1) is 0 Å². The summed E-state index contributed by atoms with van der Waals surface area (Å²) >= 11 is 0. The normalized spacial score (nSPS) is 13.0. The lowest BCUT2D eigenvalue weighted by molar-refractivity contribution is -0.167. The van der Waals surface area contributed by atoms with Crippen LogP contribution in [-0.4, -0.2) is 37.2 Å². The summed E-state index contributed by atoms with van der Waals surface area (Å²) in [7, 11) is 0. The molecule has 1 unspecified atom stereocenters. The van der Waals surface area contributed by atoms with E-state index in [2.05, 4.69) is 75.5 Å². The van der Waals surface area contributed by atoms with E-state index in [0.29, 0.717) is 12.8 Å². The van der Waals surface area contributed by atoms with Crippen LogP contribution < -0.4 is 0 Å². The van der Waals surface area contributed by atoms with Gasteiger partial charge in [0.2, 0.25) is 0 Å². The van der Waals surface area contributed by atoms with Crippen LogP contribution in [0.15, 0.2) is 109 Å². The predicted molar refractivity (Wildman–Crippen MR) is 274 cm³/mol. The molecule has 0 aromatic heterocycles. The zero-order chi connectivity index (χ0) is 46.5. The topological polar surface area (TPSA) is 78.9 Å². The molecule has 1 atom stereocenters. The van der Waals surface area contributed by atoms with Gasteiger partial charge in [-0.25, -0.2) is 0 Å². The first-order valence-electron chi connectivity index (χ1n) is 26.0. The third-order valence-electron chi connectivity index (χ3n) is 10.6. The van der Waals surface area contributed by atoms with E-state index in [4.69, 9.17) is 14.2 Å². The Morgan fingerprint density at radius 3 is 1.20 bits per heavy atom. The molecule has 6 heteroatoms. The van der Waals surface area contributed by atoms with Crippen LogP contribution in [0.2, 0.25) is 0 Å². The van der Waals surface area contributed by atoms with Crippen molar-refractivity contribution >= 4 is 17.9 Å². The van der Waals surface area contributed by atoms with Crippen molar-refractivity contribution in [2.24, 2.45) is 0 Å². The minimum Gasteiger partial charge on any atom is -0.462 e. The molecule has 0 amide bonds. The van der Waals surface area contributed by atoms with Crippen LogP contribution in [0.25, 0.3) is 0 Å². The second kappa shape index (κ2) is 51.7. The molecule has 6 nitrogen and oxygen atoms in total. The van der Waals surface area contributed by atoms with E-state index >= 15 is 0 Å². The molecule has 0 aromatic carbocycles. The van der Waals surface area contributed by atoms with Gasteiger partial charge in [0, 0.05) is 19.3 Å². The van der Waals surface area contributed by atoms with Crippen molar-refractivity contribution in [2.45, 2.75) is 226 Å². The Balaban J connectivity index is 4.48. The third kappa shape index (κ3) is 49.1. The minimum atomic E-state index is -0.821. The standard InChI is InChI=1S/C58H94O6/c1-4-7-10-13-16-19-22-25-27-28-29-30-31-34-36-39-42-45-48-51-57(60)63-54-55(53-62-56(59)50-47-44-41-38-35-32-24-21-18-15-12-9-6-3)64-58(61)52-49-46-43-40-37-33-26-23-20-17-14-11-8-5-2/h8-9,11-12,15,17-18,20-21,24,26,28-29,32-33,35,38,41,55H,4-7,10,13-14,16,19,22-23,25,27,30-31,34,36-37,39-40,42-54H2,1-3H3/b11-8+,12-9+,18-15+,20-17+,24-21+,29-28+,33-26+,35-32+,41-38+. The Morgan fingerprint density at radius 1 is 0.344 bits per heavy atom. The summed E-state index contributed by atoms with van der Waals surface area (Å²) in [6, 6.07) is 0. The highest BCUT2D eigenvalue weighted by Gasteiger charge is 2.19. The summed E-state index contributed by atoms with van der Waals surface area (Å²) < 4.78 is 16.7. The highest BCUT2D eigenvalue weighted by molar-refractivity contribution is 5.71. The second-order valence-electron chi connectivity index (χ2n) is 16.8. The monoisotopic (exact) mass is 887 g/mol. The second-order valence-corrected chi connectivity index (χ2v) is 16.8. The Kier molecular flexibility index (Phi) is 48.5. The van der Waals surface area contributed by atoms with Gasteiger partial charge < -0.3 is 14.2 Å². The summed E-state index contributed by atoms with van der Waals surface area (Å²) in [6.07, 6.45) is 69.4. The van der Waals surface area contributed by atoms with Gasteiger partial charge in [-0.1, -0.05) is 220 Å². The molecule has 0 N–H and O–H groups in total. The molecule has 362 valence electrons. The van der Waals surface area contributed by atoms with Crippen molar-refractivity contribution < 1.29 is 28.6 Å². The molecule has 0 saturated carbocycles. The lowest BCUT2D eigenvalue weighted by Crippen LogP contribution is -2.30. The quantitative estimate of drug-likeness (QED) is 0.0199. The number of ether oxygens (including phenoxy) is 3. The Hall–Kier alpha value is -3.93. The summed E-state index contributed by atoms with van der Waals surface area (Å²) in [5.41, 5.74) is 0. The minimum absolute atomic E-state index is 0.114. The van der Waals surface area contributed by atoms with Gasteiger partial charge >= 0.3 is 17.9 Å². The molecule has 0 fully saturated rings. The number of hydrogen-bond acceptors (Lipinski definition) is 6. The molecular formula is C58H94O6. The fraction of sp³-hybridized carbons (Fsp3) is 0.638. The molecule has 0 aliphatic heterocycles. The lowest BCUT2D eigenvalue weighted by Gasteiger charge is -2.18. The fourth-order valence-corrected chi connectivity index (χ4v) is 6.77. The predicted octanol–water partition coefficient (Wildman–Crippen LogP) is 17.1. The Bertz CT molecular complexity index is 1340. The van der Waals surface area contributed by atoms with Crippen LogP contribution >= 0.6 is 0 Å². The van der Waals surface area contributed by atoms with Crippen LogP contribution in [-0.2, 0) is 28.6 Å². The van der Waals surface area contributed by atoms with E-state index in [9.17, 15) is 14.4 Å². The highest BCUT2D eigenvalue weighted by Crippen LogP contribution is 2.14. The van der Waals surface area contributed by atoms with Gasteiger partial charge in [0.15, 0.2) is 6.10 Å². The Labute approximate surface area is 393 Å². The highest BCUT2D eigenvalue weighted by atomic mass is 16.6. The molecular weight excluding hydrogens is 793 g/mol. The maximum Gasteiger partial charge on any atom is 0.306 e. The van der Waals surface area contributed by atoms with Gasteiger partial charge in [0.05, 0.1) is 0 Å². The molecule has 0 heterocycles. The summed E-state index contributed by atoms with van der Waals surface area (Å²) in [5, 5.41) is 0. The number of rotatable bonds is 45. The van der Waals surface area contributed by atoms with Crippen molar-refractivity contribution in [1.29, 1.82) is 0 Å². The van der Waals surface area contributed by atoms with Gasteiger partial charge in [0.25, 0.3) is 0 Å². The van der Waals surface area contributed by atoms with Crippen LogP contribution in [0.3, 0.4) is 0 Å². The molecule has 0 radical (unpaired) electrons. The fourth-order valence-electron chi connectivity index (χ4n) is 6.77. The summed E-state index contributed by atoms with van der Waals surface area (Å²) in [6.45, 7) is 6.28. The van der Waals surface area contributed by atoms with Gasteiger partial charge in [-0.3, -0.25) is 14.4 Å². The smallest absolute Gasteiger partial charge is 0.306 e. The first-order chi connectivity index (χ1) is 31.5. The van der Waals surface area contributed by atoms with Gasteiger partial charge in [-0.05, 0) is 89.9 Å². The average Bonchev–Trinajstić information content (AvgIpc) is 3.29. The van der Waals surface area contributed by atoms with E-state index in [1.807, 2.05) is 54.7 Å². The molecule has 0 aliphatic rings. The summed E-state index contributed by atoms with van der Waals surface area (Å²) in [5.74, 6) is -1.02. The van der Waals surface area contributed by atoms with Crippen molar-refractivity contribution in [3.05, 3.63) is 109 Å². The maximum absolute atomic E-state index is 12.8. The van der Waals surface area contributed by atoms with E-state index in [-0.39, 0.29) is 44.0 Å². The SMILES string of the molecule is CC/C=C/C=C/C=C/C=C/C=C/CCCC(=O)OCC(COC(=O)CCCCCCCCC/C=C/CCCCCCCCCC)OC(=O)CCCCCC/C=C/C/C=C/C/C=C/CC. The van der Waals surface area contributed by atoms with Crippen molar-refractivity contribution in [3.63, 3.8) is 0 Å². The molecule has 0 rings (SSSR count). The molecule has 0 spiro atoms. The number of allylic oxidation sites excluding steroid dienone is 18.